The van der Waals surface area contributed by atoms with Gasteiger partial charge in [0.1, 0.15) is 0 Å². The molecule has 5 nitrogen and oxygen atoms in total. The summed E-state index contributed by atoms with van der Waals surface area (Å²) in [6.07, 6.45) is -1.24. The number of aryl methyl sites for hydroxylation is 1. The molecule has 1 amide bonds. The number of amides is 1. The zero-order valence-electron chi connectivity index (χ0n) is 11.7. The monoisotopic (exact) mass is 408 g/mol. The number of nitrogens with zero attached hydrogens (tertiary/aromatic N) is 3. The van der Waals surface area contributed by atoms with E-state index >= 15 is 0 Å². The van der Waals surface area contributed by atoms with Gasteiger partial charge in [-0.25, -0.2) is 4.98 Å². The van der Waals surface area contributed by atoms with Gasteiger partial charge in [-0.05, 0) is 28.8 Å². The number of anilines is 1. The lowest BCUT2D eigenvalue weighted by Crippen LogP contribution is -2.16. The first-order valence-corrected chi connectivity index (χ1v) is 8.56. The fraction of sp³-hybridized carbons (Fsp3) is 0.462. The highest BCUT2D eigenvalue weighted by Crippen LogP contribution is 2.47. The summed E-state index contributed by atoms with van der Waals surface area (Å²) < 4.78 is 40.2. The largest absolute Gasteiger partial charge is 0.436 e. The maximum Gasteiger partial charge on any atom is 0.436 e. The van der Waals surface area contributed by atoms with E-state index in [1.54, 1.807) is 11.6 Å². The van der Waals surface area contributed by atoms with Gasteiger partial charge in [0.15, 0.2) is 10.8 Å². The van der Waals surface area contributed by atoms with Gasteiger partial charge >= 0.3 is 6.18 Å². The van der Waals surface area contributed by atoms with Crippen LogP contribution < -0.4 is 5.32 Å². The van der Waals surface area contributed by atoms with Crippen LogP contribution in [0.25, 0.3) is 0 Å². The van der Waals surface area contributed by atoms with Gasteiger partial charge in [-0.1, -0.05) is 0 Å². The molecule has 1 saturated carbocycles. The van der Waals surface area contributed by atoms with Crippen LogP contribution >= 0.6 is 27.3 Å². The van der Waals surface area contributed by atoms with Gasteiger partial charge in [-0.3, -0.25) is 9.48 Å². The molecule has 0 bridgehead atoms. The smallest absolute Gasteiger partial charge is 0.302 e. The Morgan fingerprint density at radius 3 is 2.78 bits per heavy atom. The number of rotatable bonds is 5. The van der Waals surface area contributed by atoms with Gasteiger partial charge in [0.25, 0.3) is 0 Å². The van der Waals surface area contributed by atoms with Crippen molar-refractivity contribution < 1.29 is 18.0 Å². The third-order valence-electron chi connectivity index (χ3n) is 3.39. The van der Waals surface area contributed by atoms with E-state index in [0.29, 0.717) is 10.8 Å². The second kappa shape index (κ2) is 6.23. The number of halogens is 4. The Kier molecular flexibility index (Phi) is 4.45. The molecule has 23 heavy (non-hydrogen) atoms. The van der Waals surface area contributed by atoms with Crippen molar-refractivity contribution >= 4 is 38.3 Å². The predicted octanol–water partition coefficient (Wildman–Crippen LogP) is 4.03. The molecule has 1 aliphatic rings. The topological polar surface area (TPSA) is 59.8 Å². The van der Waals surface area contributed by atoms with E-state index in [1.165, 1.54) is 16.0 Å². The highest BCUT2D eigenvalue weighted by atomic mass is 79.9. The summed E-state index contributed by atoms with van der Waals surface area (Å²) in [7, 11) is 0. The van der Waals surface area contributed by atoms with Crippen LogP contribution in [-0.4, -0.2) is 20.7 Å². The first kappa shape index (κ1) is 16.4. The lowest BCUT2D eigenvalue weighted by molar-refractivity contribution is -0.142. The molecule has 0 aromatic carbocycles. The maximum atomic E-state index is 13.0. The molecule has 124 valence electrons. The molecule has 2 aromatic rings. The molecule has 0 saturated heterocycles. The standard InChI is InChI=1S/C13H12BrF3N4OS/c14-9-10(7-1-2-7)21(20-11(9)13(15,16)17)5-3-8(22)19-12-18-4-6-23-12/h4,6-7H,1-3,5H2,(H,18,19,22). The molecule has 1 aliphatic carbocycles. The minimum Gasteiger partial charge on any atom is -0.302 e. The van der Waals surface area contributed by atoms with Gasteiger partial charge < -0.3 is 5.32 Å². The molecule has 1 N–H and O–H groups in total. The molecule has 3 rings (SSSR count). The zero-order valence-corrected chi connectivity index (χ0v) is 14.1. The number of carbonyl (C=O) groups excluding carboxylic acids is 1. The second-order valence-corrected chi connectivity index (χ2v) is 6.87. The first-order valence-electron chi connectivity index (χ1n) is 6.89. The fourth-order valence-corrected chi connectivity index (χ4v) is 3.60. The summed E-state index contributed by atoms with van der Waals surface area (Å²) >= 11 is 4.30. The van der Waals surface area contributed by atoms with Gasteiger partial charge in [0.2, 0.25) is 5.91 Å². The molecule has 2 aromatic heterocycles. The zero-order chi connectivity index (χ0) is 16.6. The van der Waals surface area contributed by atoms with Crippen molar-refractivity contribution in [3.63, 3.8) is 0 Å². The summed E-state index contributed by atoms with van der Waals surface area (Å²) in [6, 6.07) is 0. The Labute approximate surface area is 142 Å². The molecule has 0 spiro atoms. The van der Waals surface area contributed by atoms with Crippen LogP contribution in [0, 0.1) is 0 Å². The maximum absolute atomic E-state index is 13.0. The van der Waals surface area contributed by atoms with Crippen molar-refractivity contribution in [2.75, 3.05) is 5.32 Å². The number of carbonyl (C=O) groups is 1. The molecule has 1 fully saturated rings. The number of aromatic nitrogens is 3. The molecule has 0 atom stereocenters. The molecule has 2 heterocycles. The molecule has 0 radical (unpaired) electrons. The van der Waals surface area contributed by atoms with E-state index in [1.807, 2.05) is 0 Å². The van der Waals surface area contributed by atoms with Crippen LogP contribution in [0.3, 0.4) is 0 Å². The lowest BCUT2D eigenvalue weighted by atomic mass is 10.2. The Morgan fingerprint density at radius 2 is 2.22 bits per heavy atom. The van der Waals surface area contributed by atoms with Gasteiger partial charge in [0.05, 0.1) is 16.7 Å². The van der Waals surface area contributed by atoms with Crippen LogP contribution in [0.2, 0.25) is 0 Å². The second-order valence-electron chi connectivity index (χ2n) is 5.18. The lowest BCUT2D eigenvalue weighted by Gasteiger charge is -2.06. The highest BCUT2D eigenvalue weighted by Gasteiger charge is 2.41. The average molecular weight is 409 g/mol. The van der Waals surface area contributed by atoms with Crippen LogP contribution in [0.4, 0.5) is 18.3 Å². The number of nitrogens with one attached hydrogen (secondary N) is 1. The Bertz CT molecular complexity index is 710. The Hall–Kier alpha value is -1.42. The van der Waals surface area contributed by atoms with Gasteiger partial charge in [-0.2, -0.15) is 18.3 Å². The summed E-state index contributed by atoms with van der Waals surface area (Å²) in [5.74, 6) is -0.225. The summed E-state index contributed by atoms with van der Waals surface area (Å²) in [5.41, 5.74) is -0.404. The molecule has 10 heteroatoms. The van der Waals surface area contributed by atoms with E-state index in [4.69, 9.17) is 0 Å². The van der Waals surface area contributed by atoms with E-state index in [-0.39, 0.29) is 29.3 Å². The third kappa shape index (κ3) is 3.74. The normalized spacial score (nSPS) is 15.0. The Balaban J connectivity index is 1.73. The SMILES string of the molecule is O=C(CCn1nc(C(F)(F)F)c(Br)c1C1CC1)Nc1nccs1. The molecular formula is C13H12BrF3N4OS. The minimum absolute atomic E-state index is 0.00664. The predicted molar refractivity (Wildman–Crippen MR) is 82.3 cm³/mol. The summed E-state index contributed by atoms with van der Waals surface area (Å²) in [5, 5.41) is 8.46. The Morgan fingerprint density at radius 1 is 1.48 bits per heavy atom. The van der Waals surface area contributed by atoms with Crippen molar-refractivity contribution in [3.8, 4) is 0 Å². The van der Waals surface area contributed by atoms with Crippen molar-refractivity contribution in [1.29, 1.82) is 0 Å². The van der Waals surface area contributed by atoms with E-state index in [0.717, 1.165) is 12.8 Å². The first-order chi connectivity index (χ1) is 10.9. The number of thiazole rings is 1. The van der Waals surface area contributed by atoms with Gasteiger partial charge in [-0.15, -0.1) is 11.3 Å². The number of hydrogen-bond acceptors (Lipinski definition) is 4. The van der Waals surface area contributed by atoms with Crippen molar-refractivity contribution in [2.24, 2.45) is 0 Å². The third-order valence-corrected chi connectivity index (χ3v) is 4.86. The van der Waals surface area contributed by atoms with Gasteiger partial charge in [0, 0.05) is 23.9 Å². The van der Waals surface area contributed by atoms with Crippen LogP contribution in [0.5, 0.6) is 0 Å². The van der Waals surface area contributed by atoms with E-state index in [9.17, 15) is 18.0 Å². The fourth-order valence-electron chi connectivity index (χ4n) is 2.23. The summed E-state index contributed by atoms with van der Waals surface area (Å²) in [4.78, 5) is 15.8. The molecular weight excluding hydrogens is 397 g/mol. The van der Waals surface area contributed by atoms with Crippen molar-refractivity contribution in [2.45, 2.75) is 37.9 Å². The van der Waals surface area contributed by atoms with Crippen LogP contribution in [-0.2, 0) is 17.5 Å². The van der Waals surface area contributed by atoms with Crippen molar-refractivity contribution in [3.05, 3.63) is 27.4 Å². The van der Waals surface area contributed by atoms with E-state index in [2.05, 4.69) is 31.3 Å². The van der Waals surface area contributed by atoms with Crippen LogP contribution in [0.1, 0.15) is 36.6 Å². The molecule has 0 aliphatic heterocycles. The minimum atomic E-state index is -4.52. The number of alkyl halides is 3. The molecule has 0 unspecified atom stereocenters. The highest BCUT2D eigenvalue weighted by molar-refractivity contribution is 9.10. The summed E-state index contributed by atoms with van der Waals surface area (Å²) in [6.45, 7) is 0.0950. The number of hydrogen-bond donors (Lipinski definition) is 1. The average Bonchev–Trinajstić information content (AvgIpc) is 3.04. The van der Waals surface area contributed by atoms with Crippen molar-refractivity contribution in [1.82, 2.24) is 14.8 Å². The van der Waals surface area contributed by atoms with E-state index < -0.39 is 11.9 Å². The van der Waals surface area contributed by atoms with Crippen LogP contribution in [0.15, 0.2) is 16.0 Å². The quantitative estimate of drug-likeness (QED) is 0.812.